The fraction of sp³-hybridized carbons (Fsp3) is 0.417. The molecule has 0 heterocycles. The fourth-order valence-electron chi connectivity index (χ4n) is 3.53. The first-order valence-corrected chi connectivity index (χ1v) is 10.2. The van der Waals surface area contributed by atoms with Gasteiger partial charge in [0.05, 0.1) is 11.7 Å². The van der Waals surface area contributed by atoms with Gasteiger partial charge < -0.3 is 4.74 Å². The van der Waals surface area contributed by atoms with E-state index in [0.717, 1.165) is 31.4 Å². The molecule has 142 valence electrons. The van der Waals surface area contributed by atoms with E-state index in [-0.39, 0.29) is 5.82 Å². The highest BCUT2D eigenvalue weighted by atomic mass is 35.5. The van der Waals surface area contributed by atoms with Gasteiger partial charge >= 0.3 is 0 Å². The van der Waals surface area contributed by atoms with Crippen molar-refractivity contribution in [1.29, 1.82) is 0 Å². The van der Waals surface area contributed by atoms with Crippen LogP contribution < -0.4 is 0 Å². The molecule has 1 aliphatic rings. The van der Waals surface area contributed by atoms with Crippen LogP contribution in [0.5, 0.6) is 0 Å². The third-order valence-electron chi connectivity index (χ3n) is 5.18. The molecule has 0 spiro atoms. The van der Waals surface area contributed by atoms with Gasteiger partial charge in [-0.15, -0.1) is 0 Å². The van der Waals surface area contributed by atoms with Gasteiger partial charge in [-0.2, -0.15) is 0 Å². The molecule has 0 atom stereocenters. The Kier molecular flexibility index (Phi) is 7.33. The van der Waals surface area contributed by atoms with Gasteiger partial charge in [-0.05, 0) is 73.9 Å². The minimum atomic E-state index is -0.385. The van der Waals surface area contributed by atoms with Gasteiger partial charge in [0.25, 0.3) is 0 Å². The van der Waals surface area contributed by atoms with E-state index in [0.29, 0.717) is 22.6 Å². The molecule has 0 unspecified atom stereocenters. The van der Waals surface area contributed by atoms with Crippen LogP contribution in [0.25, 0.3) is 0 Å². The summed E-state index contributed by atoms with van der Waals surface area (Å²) >= 11 is 5.77. The number of ether oxygens (including phenoxy) is 1. The lowest BCUT2D eigenvalue weighted by atomic mass is 9.82. The van der Waals surface area contributed by atoms with E-state index >= 15 is 0 Å². The third-order valence-corrected chi connectivity index (χ3v) is 5.42. The van der Waals surface area contributed by atoms with Crippen LogP contribution in [-0.2, 0) is 4.74 Å². The summed E-state index contributed by atoms with van der Waals surface area (Å²) in [4.78, 5) is 0. The van der Waals surface area contributed by atoms with Crippen molar-refractivity contribution in [2.24, 2.45) is 0 Å². The molecule has 0 aromatic heterocycles. The summed E-state index contributed by atoms with van der Waals surface area (Å²) < 4.78 is 19.8. The molecule has 3 heteroatoms. The molecule has 2 aromatic carbocycles. The Morgan fingerprint density at radius 3 is 2.44 bits per heavy atom. The topological polar surface area (TPSA) is 9.23 Å². The summed E-state index contributed by atoms with van der Waals surface area (Å²) in [5, 5.41) is 0.382. The SMILES string of the molecule is CCCCOC1CCC(c2ccc(C#Cc3ccc(Cl)cc3F)cc2)CC1. The Morgan fingerprint density at radius 2 is 1.78 bits per heavy atom. The Morgan fingerprint density at radius 1 is 1.04 bits per heavy atom. The molecule has 0 saturated heterocycles. The van der Waals surface area contributed by atoms with Crippen molar-refractivity contribution in [3.05, 3.63) is 70.0 Å². The Balaban J connectivity index is 1.56. The Hall–Kier alpha value is -1.82. The first-order valence-electron chi connectivity index (χ1n) is 9.84. The molecule has 1 aliphatic carbocycles. The zero-order valence-electron chi connectivity index (χ0n) is 15.8. The molecule has 0 radical (unpaired) electrons. The van der Waals surface area contributed by atoms with Crippen LogP contribution in [0, 0.1) is 17.7 Å². The maximum Gasteiger partial charge on any atom is 0.140 e. The van der Waals surface area contributed by atoms with Crippen molar-refractivity contribution in [2.45, 2.75) is 57.5 Å². The van der Waals surface area contributed by atoms with Crippen molar-refractivity contribution in [1.82, 2.24) is 0 Å². The van der Waals surface area contributed by atoms with Crippen molar-refractivity contribution in [3.8, 4) is 11.8 Å². The summed E-state index contributed by atoms with van der Waals surface area (Å²) in [6, 6.07) is 12.9. The van der Waals surface area contributed by atoms with E-state index in [9.17, 15) is 4.39 Å². The molecule has 2 aromatic rings. The lowest BCUT2D eigenvalue weighted by molar-refractivity contribution is 0.0232. The fourth-order valence-corrected chi connectivity index (χ4v) is 3.68. The summed E-state index contributed by atoms with van der Waals surface area (Å²) in [7, 11) is 0. The number of unbranched alkanes of at least 4 members (excludes halogenated alkanes) is 1. The number of benzene rings is 2. The molecule has 1 saturated carbocycles. The van der Waals surface area contributed by atoms with Gasteiger partial charge in [0.2, 0.25) is 0 Å². The van der Waals surface area contributed by atoms with Gasteiger partial charge in [-0.1, -0.05) is 48.9 Å². The number of rotatable bonds is 5. The van der Waals surface area contributed by atoms with E-state index in [1.807, 2.05) is 12.1 Å². The zero-order valence-corrected chi connectivity index (χ0v) is 16.6. The van der Waals surface area contributed by atoms with Crippen LogP contribution in [0.4, 0.5) is 4.39 Å². The molecule has 0 aliphatic heterocycles. The van der Waals surface area contributed by atoms with Gasteiger partial charge in [0.15, 0.2) is 0 Å². The van der Waals surface area contributed by atoms with E-state index in [4.69, 9.17) is 16.3 Å². The zero-order chi connectivity index (χ0) is 19.1. The Labute approximate surface area is 166 Å². The van der Waals surface area contributed by atoms with Gasteiger partial charge in [0, 0.05) is 17.2 Å². The first-order chi connectivity index (χ1) is 13.2. The molecule has 1 fully saturated rings. The molecule has 1 nitrogen and oxygen atoms in total. The second kappa shape index (κ2) is 9.93. The van der Waals surface area contributed by atoms with Crippen molar-refractivity contribution in [3.63, 3.8) is 0 Å². The van der Waals surface area contributed by atoms with E-state index in [1.54, 1.807) is 12.1 Å². The average molecular weight is 385 g/mol. The van der Waals surface area contributed by atoms with Gasteiger partial charge in [-0.25, -0.2) is 4.39 Å². The Bertz CT molecular complexity index is 795. The highest BCUT2D eigenvalue weighted by Crippen LogP contribution is 2.34. The highest BCUT2D eigenvalue weighted by Gasteiger charge is 2.22. The first kappa shape index (κ1) is 19.9. The van der Waals surface area contributed by atoms with Crippen LogP contribution in [0.3, 0.4) is 0 Å². The summed E-state index contributed by atoms with van der Waals surface area (Å²) in [5.41, 5.74) is 2.62. The van der Waals surface area contributed by atoms with Crippen LogP contribution in [0.15, 0.2) is 42.5 Å². The number of hydrogen-bond donors (Lipinski definition) is 0. The summed E-state index contributed by atoms with van der Waals surface area (Å²) in [6.07, 6.45) is 7.43. The minimum absolute atomic E-state index is 0.366. The number of hydrogen-bond acceptors (Lipinski definition) is 1. The van der Waals surface area contributed by atoms with Crippen molar-refractivity contribution in [2.75, 3.05) is 6.61 Å². The standard InChI is InChI=1S/C24H26ClFO/c1-2-3-16-27-23-14-11-20(12-15-23)19-7-4-18(5-8-19)6-9-21-10-13-22(25)17-24(21)26/h4-5,7-8,10,13,17,20,23H,2-3,11-12,14-16H2,1H3. The van der Waals surface area contributed by atoms with Crippen LogP contribution in [0.1, 0.15) is 68.1 Å². The normalized spacial score (nSPS) is 19.4. The lowest BCUT2D eigenvalue weighted by Gasteiger charge is -2.29. The molecule has 0 N–H and O–H groups in total. The molecular weight excluding hydrogens is 359 g/mol. The maximum atomic E-state index is 13.8. The predicted octanol–water partition coefficient (Wildman–Crippen LogP) is 6.72. The second-order valence-corrected chi connectivity index (χ2v) is 7.63. The molecule has 0 amide bonds. The van der Waals surface area contributed by atoms with Crippen molar-refractivity contribution < 1.29 is 9.13 Å². The maximum absolute atomic E-state index is 13.8. The molecule has 0 bridgehead atoms. The van der Waals surface area contributed by atoms with E-state index < -0.39 is 0 Å². The monoisotopic (exact) mass is 384 g/mol. The quantitative estimate of drug-likeness (QED) is 0.410. The molecule has 27 heavy (non-hydrogen) atoms. The van der Waals surface area contributed by atoms with Crippen LogP contribution in [0.2, 0.25) is 5.02 Å². The molecule has 3 rings (SSSR count). The highest BCUT2D eigenvalue weighted by molar-refractivity contribution is 6.30. The lowest BCUT2D eigenvalue weighted by Crippen LogP contribution is -2.21. The average Bonchev–Trinajstić information content (AvgIpc) is 2.69. The summed E-state index contributed by atoms with van der Waals surface area (Å²) in [6.45, 7) is 3.09. The van der Waals surface area contributed by atoms with Crippen molar-refractivity contribution >= 4 is 11.6 Å². The van der Waals surface area contributed by atoms with E-state index in [2.05, 4.69) is 30.9 Å². The van der Waals surface area contributed by atoms with Crippen LogP contribution >= 0.6 is 11.6 Å². The third kappa shape index (κ3) is 5.83. The van der Waals surface area contributed by atoms with Gasteiger partial charge in [0.1, 0.15) is 5.82 Å². The number of halogens is 2. The smallest absolute Gasteiger partial charge is 0.140 e. The predicted molar refractivity (Wildman–Crippen MR) is 110 cm³/mol. The van der Waals surface area contributed by atoms with E-state index in [1.165, 1.54) is 30.9 Å². The minimum Gasteiger partial charge on any atom is -0.378 e. The summed E-state index contributed by atoms with van der Waals surface area (Å²) in [5.74, 6) is 6.14. The second-order valence-electron chi connectivity index (χ2n) is 7.19. The molecular formula is C24H26ClFO. The largest absolute Gasteiger partial charge is 0.378 e. The van der Waals surface area contributed by atoms with Crippen LogP contribution in [-0.4, -0.2) is 12.7 Å². The van der Waals surface area contributed by atoms with Gasteiger partial charge in [-0.3, -0.25) is 0 Å².